The molecule has 1 N–H and O–H groups in total. The number of rotatable bonds is 3. The second-order valence-electron chi connectivity index (χ2n) is 3.16. The van der Waals surface area contributed by atoms with Crippen LogP contribution in [0.5, 0.6) is 0 Å². The first-order valence-corrected chi connectivity index (χ1v) is 7.09. The average molecular weight is 303 g/mol. The van der Waals surface area contributed by atoms with Crippen LogP contribution in [-0.4, -0.2) is 12.0 Å². The normalized spacial score (nSPS) is 13.0. The molecule has 2 aromatic rings. The highest BCUT2D eigenvalue weighted by Crippen LogP contribution is 2.35. The number of halogens is 1. The van der Waals surface area contributed by atoms with Gasteiger partial charge in [-0.2, -0.15) is 0 Å². The number of hydrogen-bond acceptors (Lipinski definition) is 4. The van der Waals surface area contributed by atoms with E-state index in [9.17, 15) is 0 Å². The second kappa shape index (κ2) is 4.74. The molecule has 0 bridgehead atoms. The van der Waals surface area contributed by atoms with Crippen molar-refractivity contribution in [3.63, 3.8) is 0 Å². The molecular formula is C10H11BrN2S2. The molecule has 0 fully saturated rings. The van der Waals surface area contributed by atoms with Crippen molar-refractivity contribution in [2.24, 2.45) is 0 Å². The summed E-state index contributed by atoms with van der Waals surface area (Å²) in [6.45, 7) is 2.05. The molecule has 0 amide bonds. The van der Waals surface area contributed by atoms with Gasteiger partial charge in [-0.15, -0.1) is 22.7 Å². The van der Waals surface area contributed by atoms with E-state index in [1.165, 1.54) is 14.2 Å². The van der Waals surface area contributed by atoms with Crippen LogP contribution < -0.4 is 5.32 Å². The summed E-state index contributed by atoms with van der Waals surface area (Å²) in [7, 11) is 1.98. The van der Waals surface area contributed by atoms with Crippen LogP contribution in [0.25, 0.3) is 0 Å². The van der Waals surface area contributed by atoms with E-state index in [-0.39, 0.29) is 6.04 Å². The van der Waals surface area contributed by atoms with E-state index in [1.807, 2.05) is 12.6 Å². The summed E-state index contributed by atoms with van der Waals surface area (Å²) in [6, 6.07) is 2.34. The van der Waals surface area contributed by atoms with Gasteiger partial charge in [0.25, 0.3) is 0 Å². The molecular weight excluding hydrogens is 292 g/mol. The topological polar surface area (TPSA) is 24.9 Å². The summed E-state index contributed by atoms with van der Waals surface area (Å²) in [5, 5.41) is 5.44. The highest BCUT2D eigenvalue weighted by Gasteiger charge is 2.19. The zero-order valence-corrected chi connectivity index (χ0v) is 11.7. The second-order valence-corrected chi connectivity index (χ2v) is 5.84. The van der Waals surface area contributed by atoms with E-state index in [2.05, 4.69) is 44.6 Å². The fourth-order valence-corrected chi connectivity index (χ4v) is 4.19. The summed E-state index contributed by atoms with van der Waals surface area (Å²) < 4.78 is 1.17. The third-order valence-corrected chi connectivity index (χ3v) is 5.17. The maximum atomic E-state index is 4.29. The van der Waals surface area contributed by atoms with Crippen molar-refractivity contribution in [2.75, 3.05) is 7.05 Å². The Bertz CT molecular complexity index is 409. The molecule has 0 aromatic carbocycles. The highest BCUT2D eigenvalue weighted by molar-refractivity contribution is 9.10. The number of nitrogens with one attached hydrogen (secondary N) is 1. The third-order valence-electron chi connectivity index (χ3n) is 2.24. The van der Waals surface area contributed by atoms with E-state index < -0.39 is 0 Å². The number of thiazole rings is 1. The molecule has 0 spiro atoms. The van der Waals surface area contributed by atoms with Crippen LogP contribution in [0.15, 0.2) is 21.4 Å². The fraction of sp³-hybridized carbons (Fsp3) is 0.300. The molecule has 1 atom stereocenters. The number of aryl methyl sites for hydroxylation is 1. The summed E-state index contributed by atoms with van der Waals surface area (Å²) >= 11 is 7.03. The molecule has 0 radical (unpaired) electrons. The number of aromatic nitrogens is 1. The first kappa shape index (κ1) is 11.3. The van der Waals surface area contributed by atoms with Crippen LogP contribution >= 0.6 is 38.6 Å². The Labute approximate surface area is 106 Å². The van der Waals surface area contributed by atoms with Gasteiger partial charge in [-0.1, -0.05) is 0 Å². The van der Waals surface area contributed by atoms with Gasteiger partial charge in [0.15, 0.2) is 0 Å². The Balaban J connectivity index is 2.41. The lowest BCUT2D eigenvalue weighted by Gasteiger charge is -2.14. The lowest BCUT2D eigenvalue weighted by Crippen LogP contribution is -2.16. The Kier molecular flexibility index (Phi) is 3.56. The minimum atomic E-state index is 0.256. The molecule has 0 aliphatic rings. The standard InChI is InChI=1S/C10H11BrN2S2/c1-6-9(15-5-13-6)8(12-2)10-7(11)3-4-14-10/h3-5,8,12H,1-2H3. The van der Waals surface area contributed by atoms with Crippen molar-refractivity contribution in [3.8, 4) is 0 Å². The van der Waals surface area contributed by atoms with Crippen LogP contribution in [0.1, 0.15) is 21.5 Å². The largest absolute Gasteiger partial charge is 0.308 e. The molecule has 5 heteroatoms. The van der Waals surface area contributed by atoms with Gasteiger partial charge < -0.3 is 5.32 Å². The van der Waals surface area contributed by atoms with Gasteiger partial charge in [0, 0.05) is 14.2 Å². The predicted octanol–water partition coefficient (Wildman–Crippen LogP) is 3.58. The van der Waals surface area contributed by atoms with Crippen LogP contribution in [0, 0.1) is 6.92 Å². The zero-order chi connectivity index (χ0) is 10.8. The molecule has 0 saturated heterocycles. The number of thiophene rings is 1. The summed E-state index contributed by atoms with van der Waals surface area (Å²) in [6.07, 6.45) is 0. The maximum absolute atomic E-state index is 4.29. The first-order chi connectivity index (χ1) is 7.24. The molecule has 1 unspecified atom stereocenters. The molecule has 2 rings (SSSR count). The number of hydrogen-bond donors (Lipinski definition) is 1. The predicted molar refractivity (Wildman–Crippen MR) is 69.8 cm³/mol. The molecule has 0 aliphatic carbocycles. The van der Waals surface area contributed by atoms with Gasteiger partial charge in [-0.05, 0) is 41.3 Å². The van der Waals surface area contributed by atoms with Gasteiger partial charge in [-0.25, -0.2) is 4.98 Å². The van der Waals surface area contributed by atoms with E-state index in [0.29, 0.717) is 0 Å². The van der Waals surface area contributed by atoms with Crippen molar-refractivity contribution in [1.29, 1.82) is 0 Å². The molecule has 15 heavy (non-hydrogen) atoms. The van der Waals surface area contributed by atoms with Crippen LogP contribution in [0.4, 0.5) is 0 Å². The summed E-state index contributed by atoms with van der Waals surface area (Å²) in [4.78, 5) is 6.90. The molecule has 0 aliphatic heterocycles. The van der Waals surface area contributed by atoms with Gasteiger partial charge in [0.2, 0.25) is 0 Å². The quantitative estimate of drug-likeness (QED) is 0.937. The zero-order valence-electron chi connectivity index (χ0n) is 8.45. The minimum Gasteiger partial charge on any atom is -0.308 e. The Morgan fingerprint density at radius 2 is 2.20 bits per heavy atom. The molecule has 2 aromatic heterocycles. The van der Waals surface area contributed by atoms with E-state index >= 15 is 0 Å². The van der Waals surface area contributed by atoms with Crippen LogP contribution in [0.2, 0.25) is 0 Å². The van der Waals surface area contributed by atoms with Crippen molar-refractivity contribution in [3.05, 3.63) is 36.9 Å². The molecule has 2 nitrogen and oxygen atoms in total. The lowest BCUT2D eigenvalue weighted by atomic mass is 10.2. The van der Waals surface area contributed by atoms with Crippen LogP contribution in [-0.2, 0) is 0 Å². The lowest BCUT2D eigenvalue weighted by molar-refractivity contribution is 0.707. The SMILES string of the molecule is CNC(c1sccc1Br)c1scnc1C. The molecule has 80 valence electrons. The van der Waals surface area contributed by atoms with Gasteiger partial charge in [0.05, 0.1) is 17.2 Å². The average Bonchev–Trinajstić information content (AvgIpc) is 2.80. The van der Waals surface area contributed by atoms with Crippen molar-refractivity contribution < 1.29 is 0 Å². The van der Waals surface area contributed by atoms with Gasteiger partial charge >= 0.3 is 0 Å². The highest BCUT2D eigenvalue weighted by atomic mass is 79.9. The van der Waals surface area contributed by atoms with E-state index in [1.54, 1.807) is 22.7 Å². The summed E-state index contributed by atoms with van der Waals surface area (Å²) in [5.74, 6) is 0. The van der Waals surface area contributed by atoms with E-state index in [4.69, 9.17) is 0 Å². The Hall–Kier alpha value is -0.230. The minimum absolute atomic E-state index is 0.256. The smallest absolute Gasteiger partial charge is 0.0798 e. The molecule has 2 heterocycles. The fourth-order valence-electron chi connectivity index (χ4n) is 1.48. The van der Waals surface area contributed by atoms with Crippen LogP contribution in [0.3, 0.4) is 0 Å². The monoisotopic (exact) mass is 302 g/mol. The van der Waals surface area contributed by atoms with Gasteiger partial charge in [-0.3, -0.25) is 0 Å². The Morgan fingerprint density at radius 3 is 2.67 bits per heavy atom. The van der Waals surface area contributed by atoms with Gasteiger partial charge in [0.1, 0.15) is 0 Å². The number of nitrogens with zero attached hydrogens (tertiary/aromatic N) is 1. The van der Waals surface area contributed by atoms with Crippen molar-refractivity contribution in [2.45, 2.75) is 13.0 Å². The molecule has 0 saturated carbocycles. The van der Waals surface area contributed by atoms with Crippen molar-refractivity contribution in [1.82, 2.24) is 10.3 Å². The first-order valence-electron chi connectivity index (χ1n) is 4.54. The van der Waals surface area contributed by atoms with Crippen molar-refractivity contribution >= 4 is 38.6 Å². The van der Waals surface area contributed by atoms with E-state index in [0.717, 1.165) is 5.69 Å². The summed E-state index contributed by atoms with van der Waals surface area (Å²) in [5.41, 5.74) is 3.01. The Morgan fingerprint density at radius 1 is 1.40 bits per heavy atom. The maximum Gasteiger partial charge on any atom is 0.0798 e. The third kappa shape index (κ3) is 2.15.